The summed E-state index contributed by atoms with van der Waals surface area (Å²) in [7, 11) is 0. The van der Waals surface area contributed by atoms with E-state index in [0.717, 1.165) is 53.8 Å². The Balaban J connectivity index is 1.27. The van der Waals surface area contributed by atoms with Gasteiger partial charge in [-0.3, -0.25) is 9.80 Å². The number of hydrogen-bond donors (Lipinski definition) is 2. The van der Waals surface area contributed by atoms with Gasteiger partial charge in [0.2, 0.25) is 5.91 Å². The SMILES string of the molecule is N/N=C\N(N)c1ccc(CC(=O)N2CCC(/C=C/c3ccc4nonc4c3)CC2)cc1. The van der Waals surface area contributed by atoms with Crippen molar-refractivity contribution in [2.45, 2.75) is 19.3 Å². The highest BCUT2D eigenvalue weighted by atomic mass is 16.6. The lowest BCUT2D eigenvalue weighted by atomic mass is 9.95. The highest BCUT2D eigenvalue weighted by molar-refractivity contribution is 5.80. The third-order valence-electron chi connectivity index (χ3n) is 5.51. The molecule has 0 aliphatic carbocycles. The van der Waals surface area contributed by atoms with Crippen molar-refractivity contribution in [1.82, 2.24) is 15.2 Å². The number of amides is 1. The number of piperidine rings is 1. The zero-order chi connectivity index (χ0) is 21.6. The van der Waals surface area contributed by atoms with E-state index >= 15 is 0 Å². The minimum atomic E-state index is 0.146. The van der Waals surface area contributed by atoms with E-state index < -0.39 is 0 Å². The summed E-state index contributed by atoms with van der Waals surface area (Å²) >= 11 is 0. The van der Waals surface area contributed by atoms with Crippen LogP contribution in [0.25, 0.3) is 17.1 Å². The lowest BCUT2D eigenvalue weighted by molar-refractivity contribution is -0.131. The monoisotopic (exact) mass is 419 g/mol. The van der Waals surface area contributed by atoms with Crippen molar-refractivity contribution in [3.05, 3.63) is 59.7 Å². The van der Waals surface area contributed by atoms with Crippen LogP contribution in [0.2, 0.25) is 0 Å². The van der Waals surface area contributed by atoms with Gasteiger partial charge in [-0.2, -0.15) is 5.10 Å². The van der Waals surface area contributed by atoms with Crippen LogP contribution in [0.1, 0.15) is 24.0 Å². The Morgan fingerprint density at radius 3 is 2.65 bits per heavy atom. The van der Waals surface area contributed by atoms with Gasteiger partial charge in [0.25, 0.3) is 0 Å². The number of hydrazine groups is 1. The maximum absolute atomic E-state index is 12.7. The van der Waals surface area contributed by atoms with E-state index in [1.54, 1.807) is 0 Å². The Morgan fingerprint density at radius 1 is 1.16 bits per heavy atom. The second-order valence-electron chi connectivity index (χ2n) is 7.60. The summed E-state index contributed by atoms with van der Waals surface area (Å²) in [6.45, 7) is 1.53. The molecule has 0 bridgehead atoms. The minimum absolute atomic E-state index is 0.146. The third kappa shape index (κ3) is 5.07. The number of fused-ring (bicyclic) bond motifs is 1. The quantitative estimate of drug-likeness (QED) is 0.272. The first-order chi connectivity index (χ1) is 15.1. The van der Waals surface area contributed by atoms with Crippen LogP contribution in [0.15, 0.2) is 58.3 Å². The number of nitrogens with two attached hydrogens (primary N) is 2. The molecule has 1 aliphatic rings. The fourth-order valence-corrected chi connectivity index (χ4v) is 3.70. The maximum Gasteiger partial charge on any atom is 0.226 e. The lowest BCUT2D eigenvalue weighted by Crippen LogP contribution is -2.39. The van der Waals surface area contributed by atoms with E-state index in [1.165, 1.54) is 11.3 Å². The Labute approximate surface area is 179 Å². The summed E-state index contributed by atoms with van der Waals surface area (Å²) in [4.78, 5) is 14.6. The number of benzene rings is 2. The first-order valence-corrected chi connectivity index (χ1v) is 10.2. The van der Waals surface area contributed by atoms with Gasteiger partial charge >= 0.3 is 0 Å². The summed E-state index contributed by atoms with van der Waals surface area (Å²) in [5.41, 5.74) is 4.27. The molecule has 3 aromatic rings. The van der Waals surface area contributed by atoms with Crippen molar-refractivity contribution in [3.63, 3.8) is 0 Å². The van der Waals surface area contributed by atoms with Crippen molar-refractivity contribution in [1.29, 1.82) is 0 Å². The average Bonchev–Trinajstić information content (AvgIpc) is 3.26. The molecule has 1 amide bonds. The topological polar surface area (TPSA) is 127 Å². The number of aromatic nitrogens is 2. The van der Waals surface area contributed by atoms with E-state index in [4.69, 9.17) is 16.3 Å². The molecular formula is C22H25N7O2. The molecule has 1 fully saturated rings. The third-order valence-corrected chi connectivity index (χ3v) is 5.51. The standard InChI is InChI=1S/C22H25N7O2/c23-25-15-29(24)19-6-3-18(4-7-19)14-22(30)28-11-9-16(10-12-28)1-2-17-5-8-20-21(13-17)27-31-26-20/h1-8,13,15-16H,9-12,14,23-24H2/b2-1+,25-15-. The fourth-order valence-electron chi connectivity index (χ4n) is 3.70. The lowest BCUT2D eigenvalue weighted by Gasteiger charge is -2.31. The molecule has 2 aromatic carbocycles. The molecule has 0 atom stereocenters. The molecule has 1 aliphatic heterocycles. The minimum Gasteiger partial charge on any atom is -0.342 e. The van der Waals surface area contributed by atoms with Crippen molar-refractivity contribution in [3.8, 4) is 0 Å². The predicted octanol–water partition coefficient (Wildman–Crippen LogP) is 2.30. The van der Waals surface area contributed by atoms with E-state index in [0.29, 0.717) is 12.3 Å². The first-order valence-electron chi connectivity index (χ1n) is 10.2. The summed E-state index contributed by atoms with van der Waals surface area (Å²) in [5.74, 6) is 11.5. The molecule has 31 heavy (non-hydrogen) atoms. The molecule has 9 heteroatoms. The molecule has 0 unspecified atom stereocenters. The summed E-state index contributed by atoms with van der Waals surface area (Å²) in [6.07, 6.45) is 7.93. The molecule has 1 aromatic heterocycles. The zero-order valence-electron chi connectivity index (χ0n) is 17.1. The van der Waals surface area contributed by atoms with Gasteiger partial charge < -0.3 is 10.7 Å². The number of allylic oxidation sites excluding steroid dienone is 1. The van der Waals surface area contributed by atoms with Crippen LogP contribution in [-0.4, -0.2) is 40.5 Å². The molecule has 160 valence electrons. The van der Waals surface area contributed by atoms with Crippen molar-refractivity contribution in [2.24, 2.45) is 22.7 Å². The molecule has 1 saturated heterocycles. The van der Waals surface area contributed by atoms with E-state index in [2.05, 4.69) is 27.6 Å². The van der Waals surface area contributed by atoms with Crippen LogP contribution in [0.5, 0.6) is 0 Å². The number of carbonyl (C=O) groups excluding carboxylic acids is 1. The average molecular weight is 419 g/mol. The van der Waals surface area contributed by atoms with Crippen LogP contribution in [0.3, 0.4) is 0 Å². The molecule has 4 rings (SSSR count). The van der Waals surface area contributed by atoms with Gasteiger partial charge in [-0.15, -0.1) is 0 Å². The molecule has 9 nitrogen and oxygen atoms in total. The van der Waals surface area contributed by atoms with Gasteiger partial charge in [0.05, 0.1) is 12.1 Å². The van der Waals surface area contributed by atoms with Crippen molar-refractivity contribution < 1.29 is 9.42 Å². The summed E-state index contributed by atoms with van der Waals surface area (Å²) < 4.78 is 4.74. The van der Waals surface area contributed by atoms with Crippen LogP contribution in [0, 0.1) is 5.92 Å². The highest BCUT2D eigenvalue weighted by Gasteiger charge is 2.21. The Bertz CT molecular complexity index is 1080. The van der Waals surface area contributed by atoms with Crippen LogP contribution in [0.4, 0.5) is 5.69 Å². The molecule has 0 radical (unpaired) electrons. The number of likely N-dealkylation sites (tertiary alicyclic amines) is 1. The molecule has 2 heterocycles. The van der Waals surface area contributed by atoms with Crippen LogP contribution >= 0.6 is 0 Å². The van der Waals surface area contributed by atoms with Gasteiger partial charge in [-0.1, -0.05) is 30.4 Å². The summed E-state index contributed by atoms with van der Waals surface area (Å²) in [6, 6.07) is 13.3. The normalized spacial score (nSPS) is 15.3. The Morgan fingerprint density at radius 2 is 1.90 bits per heavy atom. The maximum atomic E-state index is 12.7. The number of carbonyl (C=O) groups is 1. The number of nitrogens with zero attached hydrogens (tertiary/aromatic N) is 5. The van der Waals surface area contributed by atoms with Crippen molar-refractivity contribution in [2.75, 3.05) is 18.1 Å². The fraction of sp³-hybridized carbons (Fsp3) is 0.273. The second-order valence-corrected chi connectivity index (χ2v) is 7.60. The first kappa shape index (κ1) is 20.5. The van der Waals surface area contributed by atoms with E-state index in [1.807, 2.05) is 47.4 Å². The highest BCUT2D eigenvalue weighted by Crippen LogP contribution is 2.22. The summed E-state index contributed by atoms with van der Waals surface area (Å²) in [5, 5.41) is 12.4. The zero-order valence-corrected chi connectivity index (χ0v) is 17.1. The van der Waals surface area contributed by atoms with Gasteiger partial charge in [0, 0.05) is 13.1 Å². The number of rotatable bonds is 6. The van der Waals surface area contributed by atoms with Crippen LogP contribution < -0.4 is 16.7 Å². The van der Waals surface area contributed by atoms with Gasteiger partial charge in [0.15, 0.2) is 0 Å². The molecular weight excluding hydrogens is 394 g/mol. The van der Waals surface area contributed by atoms with Gasteiger partial charge in [-0.05, 0) is 64.5 Å². The molecule has 0 spiro atoms. The van der Waals surface area contributed by atoms with Gasteiger partial charge in [0.1, 0.15) is 17.4 Å². The number of hydrogen-bond acceptors (Lipinski definition) is 7. The number of hydrazone groups is 1. The molecule has 4 N–H and O–H groups in total. The van der Waals surface area contributed by atoms with E-state index in [9.17, 15) is 4.79 Å². The van der Waals surface area contributed by atoms with Crippen molar-refractivity contribution >= 4 is 35.0 Å². The smallest absolute Gasteiger partial charge is 0.226 e. The Kier molecular flexibility index (Phi) is 6.23. The van der Waals surface area contributed by atoms with E-state index in [-0.39, 0.29) is 5.91 Å². The predicted molar refractivity (Wildman–Crippen MR) is 120 cm³/mol. The second kappa shape index (κ2) is 9.40. The number of anilines is 1. The molecule has 0 saturated carbocycles. The Hall–Kier alpha value is -3.72. The van der Waals surface area contributed by atoms with Gasteiger partial charge in [-0.25, -0.2) is 10.5 Å². The largest absolute Gasteiger partial charge is 0.342 e. The van der Waals surface area contributed by atoms with Crippen LogP contribution in [-0.2, 0) is 11.2 Å².